The SMILES string of the molecule is CN(C)CCC(=O)N1CCc2nc3c(C(N)=O)c(-c4ccc(Oc5ccccc5)cc4)[nH]n3c2C1. The van der Waals surface area contributed by atoms with Crippen LogP contribution >= 0.6 is 0 Å². The Bertz CT molecular complexity index is 1370. The van der Waals surface area contributed by atoms with E-state index in [0.29, 0.717) is 55.1 Å². The first-order valence-electron chi connectivity index (χ1n) is 11.6. The van der Waals surface area contributed by atoms with Gasteiger partial charge in [0.15, 0.2) is 5.65 Å². The smallest absolute Gasteiger partial charge is 0.254 e. The predicted octanol–water partition coefficient (Wildman–Crippen LogP) is 3.06. The summed E-state index contributed by atoms with van der Waals surface area (Å²) in [7, 11) is 3.91. The number of fused-ring (bicyclic) bond motifs is 3. The van der Waals surface area contributed by atoms with E-state index in [1.54, 1.807) is 4.52 Å². The molecule has 5 rings (SSSR count). The van der Waals surface area contributed by atoms with Crippen LogP contribution in [0.1, 0.15) is 28.2 Å². The van der Waals surface area contributed by atoms with E-state index in [4.69, 9.17) is 15.5 Å². The number of carbonyl (C=O) groups is 2. The Balaban J connectivity index is 1.45. The Hall–Kier alpha value is -4.11. The van der Waals surface area contributed by atoms with Crippen LogP contribution in [0.25, 0.3) is 16.9 Å². The number of para-hydroxylation sites is 1. The lowest BCUT2D eigenvalue weighted by Crippen LogP contribution is -2.37. The second kappa shape index (κ2) is 9.27. The molecule has 0 spiro atoms. The van der Waals surface area contributed by atoms with Gasteiger partial charge in [-0.15, -0.1) is 0 Å². The molecule has 2 amide bonds. The maximum atomic E-state index is 12.7. The number of amides is 2. The summed E-state index contributed by atoms with van der Waals surface area (Å²) in [4.78, 5) is 33.7. The van der Waals surface area contributed by atoms with Crippen molar-refractivity contribution >= 4 is 17.5 Å². The van der Waals surface area contributed by atoms with Crippen LogP contribution in [0.2, 0.25) is 0 Å². The van der Waals surface area contributed by atoms with Crippen LogP contribution < -0.4 is 10.5 Å². The van der Waals surface area contributed by atoms with Crippen LogP contribution in [-0.2, 0) is 17.8 Å². The lowest BCUT2D eigenvalue weighted by Gasteiger charge is -2.27. The summed E-state index contributed by atoms with van der Waals surface area (Å²) in [6.45, 7) is 1.75. The first kappa shape index (κ1) is 22.7. The summed E-state index contributed by atoms with van der Waals surface area (Å²) in [5, 5.41) is 3.32. The molecule has 4 aromatic rings. The zero-order valence-electron chi connectivity index (χ0n) is 19.8. The molecule has 35 heavy (non-hydrogen) atoms. The molecule has 0 fully saturated rings. The van der Waals surface area contributed by atoms with Crippen LogP contribution in [0, 0.1) is 0 Å². The summed E-state index contributed by atoms with van der Waals surface area (Å²) in [6.07, 6.45) is 1.10. The molecule has 3 heterocycles. The fraction of sp³-hybridized carbons (Fsp3) is 0.269. The molecule has 0 saturated heterocycles. The molecule has 0 aliphatic carbocycles. The number of nitrogens with one attached hydrogen (secondary N) is 1. The molecule has 3 N–H and O–H groups in total. The van der Waals surface area contributed by atoms with Gasteiger partial charge in [0.25, 0.3) is 5.91 Å². The molecule has 9 nitrogen and oxygen atoms in total. The highest BCUT2D eigenvalue weighted by atomic mass is 16.5. The number of hydrogen-bond acceptors (Lipinski definition) is 5. The topological polar surface area (TPSA) is 109 Å². The van der Waals surface area contributed by atoms with Gasteiger partial charge in [-0.05, 0) is 50.5 Å². The van der Waals surface area contributed by atoms with Crippen molar-refractivity contribution in [2.45, 2.75) is 19.4 Å². The van der Waals surface area contributed by atoms with E-state index < -0.39 is 5.91 Å². The summed E-state index contributed by atoms with van der Waals surface area (Å²) in [5.41, 5.74) is 9.75. The molecule has 180 valence electrons. The number of nitrogens with zero attached hydrogens (tertiary/aromatic N) is 4. The van der Waals surface area contributed by atoms with Crippen molar-refractivity contribution in [3.63, 3.8) is 0 Å². The Kier molecular flexibility index (Phi) is 6.00. The van der Waals surface area contributed by atoms with Crippen molar-refractivity contribution in [3.05, 3.63) is 71.5 Å². The minimum absolute atomic E-state index is 0.107. The zero-order valence-corrected chi connectivity index (χ0v) is 19.8. The summed E-state index contributed by atoms with van der Waals surface area (Å²) in [5.74, 6) is 0.973. The van der Waals surface area contributed by atoms with Gasteiger partial charge in [0.1, 0.15) is 17.1 Å². The largest absolute Gasteiger partial charge is 0.457 e. The van der Waals surface area contributed by atoms with Crippen molar-refractivity contribution in [1.29, 1.82) is 0 Å². The van der Waals surface area contributed by atoms with Gasteiger partial charge in [-0.3, -0.25) is 14.7 Å². The highest BCUT2D eigenvalue weighted by Crippen LogP contribution is 2.31. The van der Waals surface area contributed by atoms with E-state index in [9.17, 15) is 9.59 Å². The molecule has 2 aromatic heterocycles. The number of hydrogen-bond donors (Lipinski definition) is 2. The third-order valence-electron chi connectivity index (χ3n) is 6.21. The number of benzene rings is 2. The number of aromatic nitrogens is 3. The van der Waals surface area contributed by atoms with Crippen LogP contribution in [0.3, 0.4) is 0 Å². The number of primary amides is 1. The first-order valence-corrected chi connectivity index (χ1v) is 11.6. The van der Waals surface area contributed by atoms with Gasteiger partial charge in [-0.1, -0.05) is 18.2 Å². The van der Waals surface area contributed by atoms with Gasteiger partial charge in [-0.2, -0.15) is 0 Å². The Morgan fingerprint density at radius 1 is 1.09 bits per heavy atom. The van der Waals surface area contributed by atoms with Crippen molar-refractivity contribution in [3.8, 4) is 22.8 Å². The third-order valence-corrected chi connectivity index (χ3v) is 6.21. The minimum atomic E-state index is -0.558. The highest BCUT2D eigenvalue weighted by molar-refractivity contribution is 6.04. The molecular formula is C26H28N6O3. The average molecular weight is 473 g/mol. The predicted molar refractivity (Wildman–Crippen MR) is 132 cm³/mol. The fourth-order valence-corrected chi connectivity index (χ4v) is 4.38. The Morgan fingerprint density at radius 3 is 2.49 bits per heavy atom. The number of ether oxygens (including phenoxy) is 1. The average Bonchev–Trinajstić information content (AvgIpc) is 3.39. The lowest BCUT2D eigenvalue weighted by atomic mass is 10.1. The van der Waals surface area contributed by atoms with Crippen molar-refractivity contribution in [2.24, 2.45) is 5.73 Å². The Labute approximate surface area is 203 Å². The number of imidazole rings is 1. The van der Waals surface area contributed by atoms with Crippen LogP contribution in [-0.4, -0.2) is 63.4 Å². The monoisotopic (exact) mass is 472 g/mol. The molecule has 0 bridgehead atoms. The standard InChI is InChI=1S/C26H28N6O3/c1-30(2)14-13-22(33)31-15-12-20-21(16-31)32-26(28-20)23(25(27)34)24(29-32)17-8-10-19(11-9-17)35-18-6-4-3-5-7-18/h3-11,29H,12-16H2,1-2H3,(H2,27,34). The molecule has 9 heteroatoms. The molecule has 2 aromatic carbocycles. The van der Waals surface area contributed by atoms with E-state index in [1.807, 2.05) is 78.5 Å². The highest BCUT2D eigenvalue weighted by Gasteiger charge is 2.29. The molecule has 0 unspecified atom stereocenters. The van der Waals surface area contributed by atoms with Gasteiger partial charge in [0, 0.05) is 31.5 Å². The van der Waals surface area contributed by atoms with Gasteiger partial charge >= 0.3 is 0 Å². The maximum Gasteiger partial charge on any atom is 0.254 e. The molecular weight excluding hydrogens is 444 g/mol. The maximum absolute atomic E-state index is 12.7. The molecule has 0 atom stereocenters. The van der Waals surface area contributed by atoms with Crippen LogP contribution in [0.4, 0.5) is 0 Å². The minimum Gasteiger partial charge on any atom is -0.457 e. The van der Waals surface area contributed by atoms with E-state index in [2.05, 4.69) is 5.10 Å². The first-order chi connectivity index (χ1) is 16.9. The molecule has 1 aliphatic heterocycles. The number of carbonyl (C=O) groups excluding carboxylic acids is 2. The normalized spacial score (nSPS) is 13.3. The number of nitrogens with two attached hydrogens (primary N) is 1. The zero-order chi connectivity index (χ0) is 24.5. The van der Waals surface area contributed by atoms with Crippen LogP contribution in [0.15, 0.2) is 54.6 Å². The second-order valence-electron chi connectivity index (χ2n) is 8.95. The van der Waals surface area contributed by atoms with Crippen molar-refractivity contribution in [2.75, 3.05) is 27.2 Å². The third kappa shape index (κ3) is 4.50. The number of H-pyrrole nitrogens is 1. The van der Waals surface area contributed by atoms with E-state index >= 15 is 0 Å². The van der Waals surface area contributed by atoms with Gasteiger partial charge < -0.3 is 20.3 Å². The number of aromatic amines is 1. The van der Waals surface area contributed by atoms with E-state index in [-0.39, 0.29) is 5.91 Å². The fourth-order valence-electron chi connectivity index (χ4n) is 4.38. The van der Waals surface area contributed by atoms with E-state index in [1.165, 1.54) is 0 Å². The molecule has 1 aliphatic rings. The van der Waals surface area contributed by atoms with Crippen LogP contribution in [0.5, 0.6) is 11.5 Å². The van der Waals surface area contributed by atoms with Gasteiger partial charge in [0.05, 0.1) is 23.6 Å². The summed E-state index contributed by atoms with van der Waals surface area (Å²) >= 11 is 0. The van der Waals surface area contributed by atoms with Gasteiger partial charge in [0.2, 0.25) is 5.91 Å². The quantitative estimate of drug-likeness (QED) is 0.430. The molecule has 0 radical (unpaired) electrons. The number of rotatable bonds is 7. The van der Waals surface area contributed by atoms with E-state index in [0.717, 1.165) is 22.7 Å². The summed E-state index contributed by atoms with van der Waals surface area (Å²) < 4.78 is 7.67. The molecule has 0 saturated carbocycles. The van der Waals surface area contributed by atoms with Crippen molar-refractivity contribution < 1.29 is 14.3 Å². The summed E-state index contributed by atoms with van der Waals surface area (Å²) in [6, 6.07) is 17.0. The van der Waals surface area contributed by atoms with Gasteiger partial charge in [-0.25, -0.2) is 9.50 Å². The Morgan fingerprint density at radius 2 is 1.80 bits per heavy atom. The second-order valence-corrected chi connectivity index (χ2v) is 8.95. The lowest BCUT2D eigenvalue weighted by molar-refractivity contribution is -0.132. The van der Waals surface area contributed by atoms with Crippen molar-refractivity contribution in [1.82, 2.24) is 24.4 Å².